The zero-order chi connectivity index (χ0) is 37.6. The van der Waals surface area contributed by atoms with Gasteiger partial charge in [0, 0.05) is 10.8 Å². The number of rotatable bonds is 4. The summed E-state index contributed by atoms with van der Waals surface area (Å²) >= 11 is 0. The number of fused-ring (bicyclic) bond motifs is 5. The fourth-order valence-corrected chi connectivity index (χ4v) is 6.39. The van der Waals surface area contributed by atoms with E-state index in [1.807, 2.05) is 78.9 Å². The largest absolute Gasteiger partial charge is 0.456 e. The lowest BCUT2D eigenvalue weighted by atomic mass is 9.85. The van der Waals surface area contributed by atoms with Crippen molar-refractivity contribution in [2.75, 3.05) is 0 Å². The minimum Gasteiger partial charge on any atom is -0.456 e. The lowest BCUT2D eigenvalue weighted by Crippen LogP contribution is -1.91. The van der Waals surface area contributed by atoms with Gasteiger partial charge >= 0.3 is 0 Å². The van der Waals surface area contributed by atoms with Crippen molar-refractivity contribution >= 4 is 43.5 Å². The molecule has 0 aliphatic heterocycles. The van der Waals surface area contributed by atoms with E-state index in [0.717, 1.165) is 55.0 Å². The van der Waals surface area contributed by atoms with Crippen molar-refractivity contribution in [3.63, 3.8) is 0 Å². The predicted molar refractivity (Wildman–Crippen MR) is 190 cm³/mol. The minimum absolute atomic E-state index is 0.0607. The van der Waals surface area contributed by atoms with E-state index in [9.17, 15) is 2.74 Å². The van der Waals surface area contributed by atoms with E-state index >= 15 is 0 Å². The Balaban J connectivity index is 1.29. The van der Waals surface area contributed by atoms with E-state index in [0.29, 0.717) is 16.3 Å². The summed E-state index contributed by atoms with van der Waals surface area (Å²) in [6.07, 6.45) is 0. The highest BCUT2D eigenvalue weighted by Crippen LogP contribution is 2.45. The molecule has 0 spiro atoms. The Morgan fingerprint density at radius 2 is 0.889 bits per heavy atom. The van der Waals surface area contributed by atoms with Gasteiger partial charge in [-0.15, -0.1) is 0 Å². The zero-order valence-electron chi connectivity index (χ0n) is 32.9. The molecule has 0 unspecified atom stereocenters. The quantitative estimate of drug-likeness (QED) is 0.188. The van der Waals surface area contributed by atoms with E-state index in [4.69, 9.17) is 14.0 Å². The third-order valence-corrected chi connectivity index (χ3v) is 8.42. The number of hydrogen-bond acceptors (Lipinski definition) is 1. The number of furan rings is 1. The fraction of sp³-hybridized carbons (Fsp3) is 0. The smallest absolute Gasteiger partial charge is 0.136 e. The van der Waals surface area contributed by atoms with Gasteiger partial charge in [0.05, 0.1) is 12.3 Å². The zero-order valence-corrected chi connectivity index (χ0v) is 23.9. The molecular weight excluding hydrogens is 544 g/mol. The SMILES string of the molecule is [2H]c1c([2H])c([2H])c(-c2c([2H])c([2H])c(-c3c4ccccc4c(-c4ccc5oc6cc(-c7ccccc7)ccc6c5c4)c4ccccc34)c([2H])c2[2H])c([2H])c1[2H]. The molecule has 45 heavy (non-hydrogen) atoms. The summed E-state index contributed by atoms with van der Waals surface area (Å²) in [5.74, 6) is 0. The molecule has 0 saturated heterocycles. The van der Waals surface area contributed by atoms with Crippen LogP contribution in [0.3, 0.4) is 0 Å². The van der Waals surface area contributed by atoms with E-state index in [1.54, 1.807) is 0 Å². The van der Waals surface area contributed by atoms with Gasteiger partial charge in [-0.05, 0) is 90.3 Å². The topological polar surface area (TPSA) is 13.1 Å². The summed E-state index contributed by atoms with van der Waals surface area (Å²) in [7, 11) is 0. The van der Waals surface area contributed by atoms with Crippen LogP contribution in [0.5, 0.6) is 0 Å². The summed E-state index contributed by atoms with van der Waals surface area (Å²) < 4.78 is 84.5. The van der Waals surface area contributed by atoms with Crippen molar-refractivity contribution < 1.29 is 16.8 Å². The van der Waals surface area contributed by atoms with Crippen molar-refractivity contribution in [1.29, 1.82) is 0 Å². The normalized spacial score (nSPS) is 14.4. The highest BCUT2D eigenvalue weighted by molar-refractivity contribution is 6.22. The first-order chi connectivity index (χ1) is 26.1. The standard InChI is InChI=1S/C44H28O/c1-3-11-29(12-4-1)31-19-21-32(22-20-31)43-36-15-7-9-17-38(36)44(39-18-10-8-16-37(39)43)34-24-26-41-40(27-34)35-25-23-33(28-42(35)45-41)30-13-5-2-6-14-30/h1-28H/i1D,3D,4D,11D,12D,19D,20D,21D,22D. The Kier molecular flexibility index (Phi) is 4.15. The Morgan fingerprint density at radius 3 is 1.56 bits per heavy atom. The molecule has 0 bridgehead atoms. The minimum atomic E-state index is -0.613. The van der Waals surface area contributed by atoms with Crippen LogP contribution in [-0.4, -0.2) is 0 Å². The molecule has 1 heteroatoms. The summed E-state index contributed by atoms with van der Waals surface area (Å²) in [6, 6.07) is 33.2. The van der Waals surface area contributed by atoms with Gasteiger partial charge in [0.25, 0.3) is 0 Å². The molecule has 0 fully saturated rings. The van der Waals surface area contributed by atoms with Gasteiger partial charge in [-0.25, -0.2) is 0 Å². The van der Waals surface area contributed by atoms with E-state index in [-0.39, 0.29) is 28.8 Å². The average molecular weight is 582 g/mol. The molecule has 0 amide bonds. The molecule has 1 aromatic heterocycles. The molecule has 0 saturated carbocycles. The van der Waals surface area contributed by atoms with Crippen molar-refractivity contribution in [2.45, 2.75) is 0 Å². The monoisotopic (exact) mass is 581 g/mol. The second-order valence-corrected chi connectivity index (χ2v) is 11.0. The fourth-order valence-electron chi connectivity index (χ4n) is 6.39. The molecule has 210 valence electrons. The van der Waals surface area contributed by atoms with E-state index in [1.165, 1.54) is 0 Å². The highest BCUT2D eigenvalue weighted by atomic mass is 16.3. The summed E-state index contributed by atoms with van der Waals surface area (Å²) in [4.78, 5) is 0. The van der Waals surface area contributed by atoms with Crippen molar-refractivity contribution in [2.24, 2.45) is 0 Å². The van der Waals surface area contributed by atoms with E-state index < -0.39 is 42.3 Å². The van der Waals surface area contributed by atoms with Gasteiger partial charge in [0.2, 0.25) is 0 Å². The Labute approximate surface area is 274 Å². The second kappa shape index (κ2) is 10.4. The van der Waals surface area contributed by atoms with Crippen LogP contribution in [0.1, 0.15) is 12.3 Å². The molecule has 0 N–H and O–H groups in total. The van der Waals surface area contributed by atoms with Gasteiger partial charge in [0.1, 0.15) is 11.2 Å². The molecule has 8 aromatic carbocycles. The molecule has 0 radical (unpaired) electrons. The molecule has 1 heterocycles. The van der Waals surface area contributed by atoms with Crippen LogP contribution in [0.2, 0.25) is 0 Å². The lowest BCUT2D eigenvalue weighted by Gasteiger charge is -2.18. The maximum absolute atomic E-state index is 9.28. The molecule has 0 aliphatic rings. The van der Waals surface area contributed by atoms with Gasteiger partial charge in [-0.1, -0.05) is 145 Å². The second-order valence-electron chi connectivity index (χ2n) is 11.0. The van der Waals surface area contributed by atoms with Gasteiger partial charge < -0.3 is 4.42 Å². The van der Waals surface area contributed by atoms with Crippen LogP contribution in [0.25, 0.3) is 88.0 Å². The summed E-state index contributed by atoms with van der Waals surface area (Å²) in [5.41, 5.74) is 5.44. The Bertz CT molecular complexity index is 2930. The number of benzene rings is 8. The molecule has 0 aliphatic carbocycles. The lowest BCUT2D eigenvalue weighted by molar-refractivity contribution is 0.669. The Hall–Kier alpha value is -5.92. The maximum atomic E-state index is 9.28. The van der Waals surface area contributed by atoms with Crippen LogP contribution in [0.4, 0.5) is 0 Å². The first kappa shape index (κ1) is 18.0. The van der Waals surface area contributed by atoms with Gasteiger partial charge in [0.15, 0.2) is 0 Å². The molecule has 9 rings (SSSR count). The van der Waals surface area contributed by atoms with Crippen LogP contribution >= 0.6 is 0 Å². The Morgan fingerprint density at radius 1 is 0.333 bits per heavy atom. The molecule has 0 atom stereocenters. The van der Waals surface area contributed by atoms with Crippen LogP contribution in [-0.2, 0) is 0 Å². The van der Waals surface area contributed by atoms with Crippen LogP contribution in [0, 0.1) is 0 Å². The van der Waals surface area contributed by atoms with Crippen molar-refractivity contribution in [3.8, 4) is 44.5 Å². The molecule has 9 aromatic rings. The predicted octanol–water partition coefficient (Wildman–Crippen LogP) is 12.6. The van der Waals surface area contributed by atoms with Crippen LogP contribution < -0.4 is 0 Å². The van der Waals surface area contributed by atoms with Crippen molar-refractivity contribution in [1.82, 2.24) is 0 Å². The highest BCUT2D eigenvalue weighted by Gasteiger charge is 2.18. The average Bonchev–Trinajstić information content (AvgIpc) is 3.57. The van der Waals surface area contributed by atoms with Crippen LogP contribution in [0.15, 0.2) is 174 Å². The molecule has 1 nitrogen and oxygen atoms in total. The first-order valence-electron chi connectivity index (χ1n) is 19.2. The number of hydrogen-bond donors (Lipinski definition) is 0. The summed E-state index contributed by atoms with van der Waals surface area (Å²) in [6.45, 7) is 0. The first-order valence-corrected chi connectivity index (χ1v) is 14.7. The molecular formula is C44H28O. The van der Waals surface area contributed by atoms with E-state index in [2.05, 4.69) is 36.4 Å². The van der Waals surface area contributed by atoms with Crippen molar-refractivity contribution in [3.05, 3.63) is 170 Å². The summed E-state index contributed by atoms with van der Waals surface area (Å²) in [5, 5.41) is 5.06. The van der Waals surface area contributed by atoms with Gasteiger partial charge in [-0.2, -0.15) is 0 Å². The third-order valence-electron chi connectivity index (χ3n) is 8.42. The maximum Gasteiger partial charge on any atom is 0.136 e. The third kappa shape index (κ3) is 4.24. The van der Waals surface area contributed by atoms with Gasteiger partial charge in [-0.3, -0.25) is 0 Å².